The number of nitrogens with zero attached hydrogens (tertiary/aromatic N) is 2. The first-order valence-corrected chi connectivity index (χ1v) is 6.36. The third kappa shape index (κ3) is 2.24. The van der Waals surface area contributed by atoms with Crippen LogP contribution in [0.2, 0.25) is 0 Å². The minimum absolute atomic E-state index is 0.276. The third-order valence-electron chi connectivity index (χ3n) is 4.17. The Morgan fingerprint density at radius 3 is 2.31 bits per heavy atom. The molecule has 2 aliphatic rings. The van der Waals surface area contributed by atoms with Crippen molar-refractivity contribution in [3.05, 3.63) is 0 Å². The molecule has 0 spiro atoms. The zero-order valence-electron chi connectivity index (χ0n) is 11.0. The van der Waals surface area contributed by atoms with Gasteiger partial charge in [0.25, 0.3) is 0 Å². The summed E-state index contributed by atoms with van der Waals surface area (Å²) in [6, 6.07) is 0.499. The van der Waals surface area contributed by atoms with E-state index in [-0.39, 0.29) is 5.41 Å². The minimum atomic E-state index is 0.276. The summed E-state index contributed by atoms with van der Waals surface area (Å²) in [6.45, 7) is 9.84. The first-order valence-electron chi connectivity index (χ1n) is 6.36. The number of likely N-dealkylation sites (tertiary alicyclic amines) is 2. The second kappa shape index (κ2) is 4.02. The van der Waals surface area contributed by atoms with Gasteiger partial charge in [0.15, 0.2) is 0 Å². The second-order valence-corrected chi connectivity index (χ2v) is 6.52. The lowest BCUT2D eigenvalue weighted by molar-refractivity contribution is -0.143. The van der Waals surface area contributed by atoms with E-state index >= 15 is 0 Å². The average molecular weight is 224 g/mol. The number of amides is 1. The van der Waals surface area contributed by atoms with Crippen LogP contribution in [-0.2, 0) is 4.79 Å². The fourth-order valence-electron chi connectivity index (χ4n) is 2.84. The first-order chi connectivity index (χ1) is 7.38. The molecule has 2 aliphatic heterocycles. The predicted octanol–water partition coefficient (Wildman–Crippen LogP) is 1.59. The van der Waals surface area contributed by atoms with Crippen LogP contribution in [0.3, 0.4) is 0 Å². The van der Waals surface area contributed by atoms with E-state index in [4.69, 9.17) is 0 Å². The van der Waals surface area contributed by atoms with Gasteiger partial charge < -0.3 is 9.80 Å². The van der Waals surface area contributed by atoms with Gasteiger partial charge in [0.05, 0.1) is 6.04 Å². The summed E-state index contributed by atoms with van der Waals surface area (Å²) < 4.78 is 0. The molecule has 0 aromatic heterocycles. The van der Waals surface area contributed by atoms with Crippen LogP contribution in [0.25, 0.3) is 0 Å². The highest BCUT2D eigenvalue weighted by Gasteiger charge is 2.38. The molecule has 2 fully saturated rings. The van der Waals surface area contributed by atoms with Crippen LogP contribution in [0.15, 0.2) is 0 Å². The number of likely N-dealkylation sites (N-methyl/N-ethyl adjacent to an activating group) is 1. The fourth-order valence-corrected chi connectivity index (χ4v) is 2.84. The Morgan fingerprint density at radius 1 is 1.25 bits per heavy atom. The molecule has 92 valence electrons. The quantitative estimate of drug-likeness (QED) is 0.675. The number of carbonyl (C=O) groups excluding carboxylic acids is 1. The molecule has 16 heavy (non-hydrogen) atoms. The summed E-state index contributed by atoms with van der Waals surface area (Å²) in [6.07, 6.45) is 1.93. The molecular formula is C13H24N2O. The summed E-state index contributed by atoms with van der Waals surface area (Å²) in [7, 11) is 2.11. The standard InChI is InChI=1S/C13H24N2O/c1-13(2,3)10-5-6-15(12(16)7-10)11-8-14(4)9-11/h10-11H,5-9H2,1-4H3. The van der Waals surface area contributed by atoms with E-state index in [0.29, 0.717) is 17.9 Å². The van der Waals surface area contributed by atoms with Gasteiger partial charge in [-0.2, -0.15) is 0 Å². The Kier molecular flexibility index (Phi) is 2.99. The van der Waals surface area contributed by atoms with Gasteiger partial charge in [-0.3, -0.25) is 4.79 Å². The topological polar surface area (TPSA) is 23.6 Å². The SMILES string of the molecule is CN1CC(N2CCC(C(C)(C)C)CC2=O)C1. The van der Waals surface area contributed by atoms with Gasteiger partial charge in [-0.25, -0.2) is 0 Å². The van der Waals surface area contributed by atoms with Crippen LogP contribution < -0.4 is 0 Å². The van der Waals surface area contributed by atoms with Crippen LogP contribution in [0.5, 0.6) is 0 Å². The van der Waals surface area contributed by atoms with Crippen LogP contribution in [0, 0.1) is 11.3 Å². The molecule has 0 radical (unpaired) electrons. The van der Waals surface area contributed by atoms with E-state index in [1.165, 1.54) is 6.42 Å². The monoisotopic (exact) mass is 224 g/mol. The van der Waals surface area contributed by atoms with Gasteiger partial charge in [-0.1, -0.05) is 20.8 Å². The van der Waals surface area contributed by atoms with Gasteiger partial charge in [0.2, 0.25) is 5.91 Å². The summed E-state index contributed by atoms with van der Waals surface area (Å²) in [4.78, 5) is 16.5. The van der Waals surface area contributed by atoms with Crippen LogP contribution in [0.1, 0.15) is 33.6 Å². The molecule has 2 saturated heterocycles. The van der Waals surface area contributed by atoms with Crippen molar-refractivity contribution in [3.63, 3.8) is 0 Å². The van der Waals surface area contributed by atoms with E-state index in [1.54, 1.807) is 0 Å². The third-order valence-corrected chi connectivity index (χ3v) is 4.17. The molecule has 0 aromatic rings. The molecule has 3 nitrogen and oxygen atoms in total. The van der Waals surface area contributed by atoms with Crippen molar-refractivity contribution in [2.75, 3.05) is 26.7 Å². The van der Waals surface area contributed by atoms with Crippen molar-refractivity contribution >= 4 is 5.91 Å². The molecule has 0 saturated carbocycles. The molecular weight excluding hydrogens is 200 g/mol. The molecule has 0 bridgehead atoms. The lowest BCUT2D eigenvalue weighted by Crippen LogP contribution is -2.61. The Balaban J connectivity index is 1.91. The molecule has 0 N–H and O–H groups in total. The van der Waals surface area contributed by atoms with Gasteiger partial charge in [-0.05, 0) is 24.8 Å². The van der Waals surface area contributed by atoms with Crippen LogP contribution in [0.4, 0.5) is 0 Å². The second-order valence-electron chi connectivity index (χ2n) is 6.52. The maximum Gasteiger partial charge on any atom is 0.223 e. The zero-order chi connectivity index (χ0) is 11.9. The van der Waals surface area contributed by atoms with Gasteiger partial charge in [0, 0.05) is 26.1 Å². The van der Waals surface area contributed by atoms with Crippen molar-refractivity contribution in [3.8, 4) is 0 Å². The minimum Gasteiger partial charge on any atom is -0.337 e. The largest absolute Gasteiger partial charge is 0.337 e. The van der Waals surface area contributed by atoms with Crippen molar-refractivity contribution in [1.29, 1.82) is 0 Å². The normalized spacial score (nSPS) is 29.4. The highest BCUT2D eigenvalue weighted by Crippen LogP contribution is 2.35. The Labute approximate surface area is 98.8 Å². The molecule has 0 aliphatic carbocycles. The highest BCUT2D eigenvalue weighted by molar-refractivity contribution is 5.77. The molecule has 3 heteroatoms. The van der Waals surface area contributed by atoms with Crippen molar-refractivity contribution in [1.82, 2.24) is 9.80 Å². The molecule has 2 heterocycles. The summed E-state index contributed by atoms with van der Waals surface area (Å²) in [5.74, 6) is 0.943. The van der Waals surface area contributed by atoms with Crippen molar-refractivity contribution in [2.45, 2.75) is 39.7 Å². The first kappa shape index (κ1) is 11.9. The zero-order valence-corrected chi connectivity index (χ0v) is 11.0. The number of hydrogen-bond donors (Lipinski definition) is 0. The smallest absolute Gasteiger partial charge is 0.223 e. The summed E-state index contributed by atoms with van der Waals surface area (Å²) in [5, 5.41) is 0. The van der Waals surface area contributed by atoms with E-state index in [1.807, 2.05) is 0 Å². The number of piperidine rings is 1. The molecule has 1 amide bonds. The molecule has 1 unspecified atom stereocenters. The maximum absolute atomic E-state index is 12.1. The average Bonchev–Trinajstić information content (AvgIpc) is 2.12. The van der Waals surface area contributed by atoms with E-state index in [0.717, 1.165) is 26.1 Å². The summed E-state index contributed by atoms with van der Waals surface area (Å²) >= 11 is 0. The Morgan fingerprint density at radius 2 is 1.88 bits per heavy atom. The molecule has 1 atom stereocenters. The highest BCUT2D eigenvalue weighted by atomic mass is 16.2. The van der Waals surface area contributed by atoms with Crippen LogP contribution >= 0.6 is 0 Å². The lowest BCUT2D eigenvalue weighted by Gasteiger charge is -2.47. The fraction of sp³-hybridized carbons (Fsp3) is 0.923. The maximum atomic E-state index is 12.1. The van der Waals surface area contributed by atoms with Gasteiger partial charge in [0.1, 0.15) is 0 Å². The lowest BCUT2D eigenvalue weighted by atomic mass is 9.75. The van der Waals surface area contributed by atoms with Crippen LogP contribution in [-0.4, -0.2) is 48.4 Å². The van der Waals surface area contributed by atoms with Crippen molar-refractivity contribution in [2.24, 2.45) is 11.3 Å². The van der Waals surface area contributed by atoms with E-state index < -0.39 is 0 Å². The Bertz CT molecular complexity index is 276. The van der Waals surface area contributed by atoms with Gasteiger partial charge in [-0.15, -0.1) is 0 Å². The van der Waals surface area contributed by atoms with Crippen molar-refractivity contribution < 1.29 is 4.79 Å². The Hall–Kier alpha value is -0.570. The number of hydrogen-bond acceptors (Lipinski definition) is 2. The number of rotatable bonds is 1. The van der Waals surface area contributed by atoms with E-state index in [9.17, 15) is 4.79 Å². The molecule has 0 aromatic carbocycles. The van der Waals surface area contributed by atoms with E-state index in [2.05, 4.69) is 37.6 Å². The molecule has 2 rings (SSSR count). The number of carbonyl (C=O) groups is 1. The van der Waals surface area contributed by atoms with Gasteiger partial charge >= 0.3 is 0 Å². The summed E-state index contributed by atoms with van der Waals surface area (Å²) in [5.41, 5.74) is 0.276. The predicted molar refractivity (Wildman–Crippen MR) is 65.2 cm³/mol.